The number of benzene rings is 1. The molecule has 5 heteroatoms. The van der Waals surface area contributed by atoms with E-state index in [4.69, 9.17) is 4.74 Å². The van der Waals surface area contributed by atoms with Crippen LogP contribution in [0.5, 0.6) is 5.75 Å². The van der Waals surface area contributed by atoms with E-state index in [9.17, 15) is 0 Å². The second-order valence-electron chi connectivity index (χ2n) is 4.48. The lowest BCUT2D eigenvalue weighted by atomic mass is 10.1. The van der Waals surface area contributed by atoms with Gasteiger partial charge in [-0.05, 0) is 53.7 Å². The Morgan fingerprint density at radius 3 is 2.70 bits per heavy atom. The number of nitrogens with one attached hydrogen (secondary N) is 1. The van der Waals surface area contributed by atoms with E-state index in [1.54, 1.807) is 11.3 Å². The number of rotatable bonds is 6. The summed E-state index contributed by atoms with van der Waals surface area (Å²) < 4.78 is 8.17. The Hall–Kier alpha value is -0.360. The van der Waals surface area contributed by atoms with Gasteiger partial charge in [0, 0.05) is 30.8 Å². The Kier molecular flexibility index (Phi) is 6.08. The molecule has 0 aliphatic carbocycles. The maximum absolute atomic E-state index is 5.99. The molecule has 2 rings (SSSR count). The molecule has 0 fully saturated rings. The van der Waals surface area contributed by atoms with Crippen molar-refractivity contribution in [2.75, 3.05) is 6.54 Å². The van der Waals surface area contributed by atoms with Crippen LogP contribution in [0.3, 0.4) is 0 Å². The third-order valence-corrected chi connectivity index (χ3v) is 5.10. The maximum Gasteiger partial charge on any atom is 0.124 e. The molecule has 0 aliphatic heterocycles. The van der Waals surface area contributed by atoms with Gasteiger partial charge in [0.25, 0.3) is 0 Å². The topological polar surface area (TPSA) is 21.3 Å². The second-order valence-corrected chi connectivity index (χ2v) is 7.31. The van der Waals surface area contributed by atoms with Gasteiger partial charge in [0.2, 0.25) is 0 Å². The molecular formula is C15H17Br2NOS. The molecule has 0 bridgehead atoms. The van der Waals surface area contributed by atoms with Gasteiger partial charge in [-0.2, -0.15) is 0 Å². The SMILES string of the molecule is CCNC(C)c1cc(Br)ccc1OCc1cc(Br)cs1. The molecule has 20 heavy (non-hydrogen) atoms. The summed E-state index contributed by atoms with van der Waals surface area (Å²) in [6.45, 7) is 5.80. The van der Waals surface area contributed by atoms with Crippen LogP contribution in [0.15, 0.2) is 38.6 Å². The number of thiophene rings is 1. The van der Waals surface area contributed by atoms with Crippen molar-refractivity contribution >= 4 is 43.2 Å². The predicted molar refractivity (Wildman–Crippen MR) is 92.6 cm³/mol. The first kappa shape index (κ1) is 16.0. The summed E-state index contributed by atoms with van der Waals surface area (Å²) in [6.07, 6.45) is 0. The fourth-order valence-electron chi connectivity index (χ4n) is 1.98. The van der Waals surface area contributed by atoms with Crippen LogP contribution in [-0.2, 0) is 6.61 Å². The Balaban J connectivity index is 2.13. The molecule has 1 N–H and O–H groups in total. The lowest BCUT2D eigenvalue weighted by molar-refractivity contribution is 0.303. The first-order chi connectivity index (χ1) is 9.60. The number of ether oxygens (including phenoxy) is 1. The summed E-state index contributed by atoms with van der Waals surface area (Å²) in [5.41, 5.74) is 1.18. The molecule has 0 saturated carbocycles. The monoisotopic (exact) mass is 417 g/mol. The van der Waals surface area contributed by atoms with Crippen molar-refractivity contribution in [2.24, 2.45) is 0 Å². The van der Waals surface area contributed by atoms with E-state index in [1.807, 2.05) is 12.1 Å². The molecule has 0 amide bonds. The fourth-order valence-corrected chi connectivity index (χ4v) is 3.72. The minimum absolute atomic E-state index is 0.266. The van der Waals surface area contributed by atoms with Crippen molar-refractivity contribution < 1.29 is 4.74 Å². The fraction of sp³-hybridized carbons (Fsp3) is 0.333. The molecule has 1 aromatic heterocycles. The van der Waals surface area contributed by atoms with Gasteiger partial charge in [0.1, 0.15) is 12.4 Å². The Morgan fingerprint density at radius 2 is 2.05 bits per heavy atom. The maximum atomic E-state index is 5.99. The molecule has 2 aromatic rings. The molecule has 0 radical (unpaired) electrons. The predicted octanol–water partition coefficient (Wildman–Crippen LogP) is 5.52. The first-order valence-electron chi connectivity index (χ1n) is 6.48. The van der Waals surface area contributed by atoms with Crippen molar-refractivity contribution in [3.05, 3.63) is 49.0 Å². The van der Waals surface area contributed by atoms with Crippen LogP contribution < -0.4 is 10.1 Å². The van der Waals surface area contributed by atoms with Gasteiger partial charge >= 0.3 is 0 Å². The van der Waals surface area contributed by atoms with Crippen LogP contribution in [0, 0.1) is 0 Å². The van der Waals surface area contributed by atoms with Gasteiger partial charge in [-0.1, -0.05) is 22.9 Å². The lowest BCUT2D eigenvalue weighted by Gasteiger charge is -2.18. The van der Waals surface area contributed by atoms with Crippen LogP contribution in [0.1, 0.15) is 30.3 Å². The highest BCUT2D eigenvalue weighted by Gasteiger charge is 2.12. The third-order valence-electron chi connectivity index (χ3n) is 2.94. The summed E-state index contributed by atoms with van der Waals surface area (Å²) in [4.78, 5) is 1.21. The van der Waals surface area contributed by atoms with E-state index in [1.165, 1.54) is 10.4 Å². The second kappa shape index (κ2) is 7.59. The Labute approximate surface area is 140 Å². The average molecular weight is 419 g/mol. The molecule has 1 unspecified atom stereocenters. The molecule has 108 valence electrons. The minimum atomic E-state index is 0.266. The third kappa shape index (κ3) is 4.32. The van der Waals surface area contributed by atoms with Crippen molar-refractivity contribution in [3.63, 3.8) is 0 Å². The van der Waals surface area contributed by atoms with Gasteiger partial charge < -0.3 is 10.1 Å². The standard InChI is InChI=1S/C15H17Br2NOS/c1-3-18-10(2)14-7-11(16)4-5-15(14)19-8-13-6-12(17)9-20-13/h4-7,9-10,18H,3,8H2,1-2H3. The van der Waals surface area contributed by atoms with E-state index in [2.05, 4.69) is 68.5 Å². The molecule has 1 aromatic carbocycles. The largest absolute Gasteiger partial charge is 0.488 e. The summed E-state index contributed by atoms with van der Waals surface area (Å²) in [5, 5.41) is 5.50. The molecular weight excluding hydrogens is 402 g/mol. The van der Waals surface area contributed by atoms with Gasteiger partial charge in [-0.3, -0.25) is 0 Å². The molecule has 2 nitrogen and oxygen atoms in total. The van der Waals surface area contributed by atoms with Crippen molar-refractivity contribution in [3.8, 4) is 5.75 Å². The smallest absolute Gasteiger partial charge is 0.124 e. The first-order valence-corrected chi connectivity index (χ1v) is 8.95. The van der Waals surface area contributed by atoms with Crippen molar-refractivity contribution in [1.82, 2.24) is 5.32 Å². The zero-order valence-corrected chi connectivity index (χ0v) is 15.4. The highest BCUT2D eigenvalue weighted by Crippen LogP contribution is 2.30. The van der Waals surface area contributed by atoms with E-state index in [-0.39, 0.29) is 6.04 Å². The molecule has 1 heterocycles. The molecule has 0 aliphatic rings. The highest BCUT2D eigenvalue weighted by atomic mass is 79.9. The number of hydrogen-bond acceptors (Lipinski definition) is 3. The lowest BCUT2D eigenvalue weighted by Crippen LogP contribution is -2.18. The van der Waals surface area contributed by atoms with Gasteiger partial charge in [0.05, 0.1) is 0 Å². The van der Waals surface area contributed by atoms with E-state index in [0.29, 0.717) is 6.61 Å². The van der Waals surface area contributed by atoms with Crippen LogP contribution in [0.2, 0.25) is 0 Å². The van der Waals surface area contributed by atoms with E-state index < -0.39 is 0 Å². The average Bonchev–Trinajstić information content (AvgIpc) is 2.83. The van der Waals surface area contributed by atoms with Crippen molar-refractivity contribution in [1.29, 1.82) is 0 Å². The van der Waals surface area contributed by atoms with Gasteiger partial charge in [-0.25, -0.2) is 0 Å². The Morgan fingerprint density at radius 1 is 1.25 bits per heavy atom. The zero-order chi connectivity index (χ0) is 14.5. The highest BCUT2D eigenvalue weighted by molar-refractivity contribution is 9.10. The van der Waals surface area contributed by atoms with E-state index >= 15 is 0 Å². The quantitative estimate of drug-likeness (QED) is 0.666. The molecule has 0 spiro atoms. The van der Waals surface area contributed by atoms with Gasteiger partial charge in [-0.15, -0.1) is 11.3 Å². The normalized spacial score (nSPS) is 12.4. The summed E-state index contributed by atoms with van der Waals surface area (Å²) in [5.74, 6) is 0.936. The number of halogens is 2. The Bertz CT molecular complexity index is 571. The van der Waals surface area contributed by atoms with Crippen LogP contribution >= 0.6 is 43.2 Å². The van der Waals surface area contributed by atoms with Gasteiger partial charge in [0.15, 0.2) is 0 Å². The van der Waals surface area contributed by atoms with Crippen LogP contribution in [0.4, 0.5) is 0 Å². The van der Waals surface area contributed by atoms with E-state index in [0.717, 1.165) is 21.2 Å². The summed E-state index contributed by atoms with van der Waals surface area (Å²) in [6, 6.07) is 8.52. The molecule has 1 atom stereocenters. The summed E-state index contributed by atoms with van der Waals surface area (Å²) in [7, 11) is 0. The van der Waals surface area contributed by atoms with Crippen LogP contribution in [-0.4, -0.2) is 6.54 Å². The molecule has 0 saturated heterocycles. The minimum Gasteiger partial charge on any atom is -0.488 e. The van der Waals surface area contributed by atoms with Crippen molar-refractivity contribution in [2.45, 2.75) is 26.5 Å². The zero-order valence-electron chi connectivity index (χ0n) is 11.5. The van der Waals surface area contributed by atoms with Crippen LogP contribution in [0.25, 0.3) is 0 Å². The number of hydrogen-bond donors (Lipinski definition) is 1. The summed E-state index contributed by atoms with van der Waals surface area (Å²) >= 11 is 8.69.